The van der Waals surface area contributed by atoms with Gasteiger partial charge in [0.2, 0.25) is 10.0 Å². The SMILES string of the molecule is CSC(C)(C)CNS(=O)(=O)c1cc(CO)c(Cl)cc1Cl. The standard InChI is InChI=1S/C12H17Cl2NO3S2/c1-12(2,19-3)7-15-20(17,18)11-4-8(6-16)9(13)5-10(11)14/h4-5,15-16H,6-7H2,1-3H3. The van der Waals surface area contributed by atoms with E-state index in [4.69, 9.17) is 28.3 Å². The maximum absolute atomic E-state index is 12.3. The highest BCUT2D eigenvalue weighted by Gasteiger charge is 2.24. The Bertz CT molecular complexity index is 589. The maximum atomic E-state index is 12.3. The molecule has 0 saturated carbocycles. The summed E-state index contributed by atoms with van der Waals surface area (Å²) < 4.78 is 26.8. The molecular weight excluding hydrogens is 341 g/mol. The molecule has 0 aromatic heterocycles. The lowest BCUT2D eigenvalue weighted by Crippen LogP contribution is -2.36. The molecular formula is C12H17Cl2NO3S2. The number of benzene rings is 1. The Labute approximate surface area is 133 Å². The monoisotopic (exact) mass is 357 g/mol. The molecule has 1 aromatic rings. The van der Waals surface area contributed by atoms with Crippen LogP contribution in [0.3, 0.4) is 0 Å². The second-order valence-electron chi connectivity index (χ2n) is 4.82. The van der Waals surface area contributed by atoms with Gasteiger partial charge in [0.25, 0.3) is 0 Å². The zero-order valence-electron chi connectivity index (χ0n) is 11.4. The molecule has 1 rings (SSSR count). The molecule has 0 heterocycles. The highest BCUT2D eigenvalue weighted by atomic mass is 35.5. The summed E-state index contributed by atoms with van der Waals surface area (Å²) in [5, 5.41) is 9.42. The zero-order chi connectivity index (χ0) is 15.6. The van der Waals surface area contributed by atoms with Crippen LogP contribution >= 0.6 is 35.0 Å². The van der Waals surface area contributed by atoms with Crippen LogP contribution in [0.1, 0.15) is 19.4 Å². The predicted molar refractivity (Wildman–Crippen MR) is 85.2 cm³/mol. The predicted octanol–water partition coefficient (Wildman–Crippen LogP) is 2.91. The number of aliphatic hydroxyl groups is 1. The minimum atomic E-state index is -3.75. The molecule has 0 radical (unpaired) electrons. The van der Waals surface area contributed by atoms with E-state index >= 15 is 0 Å². The van der Waals surface area contributed by atoms with Crippen LogP contribution in [0.25, 0.3) is 0 Å². The molecule has 0 aliphatic carbocycles. The lowest BCUT2D eigenvalue weighted by molar-refractivity contribution is 0.281. The van der Waals surface area contributed by atoms with Crippen molar-refractivity contribution in [3.63, 3.8) is 0 Å². The van der Waals surface area contributed by atoms with Crippen molar-refractivity contribution in [2.75, 3.05) is 12.8 Å². The average molecular weight is 358 g/mol. The highest BCUT2D eigenvalue weighted by Crippen LogP contribution is 2.29. The van der Waals surface area contributed by atoms with Crippen molar-refractivity contribution in [3.05, 3.63) is 27.7 Å². The Balaban J connectivity index is 3.10. The van der Waals surface area contributed by atoms with Gasteiger partial charge in [0.15, 0.2) is 0 Å². The van der Waals surface area contributed by atoms with Gasteiger partial charge in [-0.2, -0.15) is 11.8 Å². The van der Waals surface area contributed by atoms with Crippen LogP contribution in [0.2, 0.25) is 10.0 Å². The third-order valence-corrected chi connectivity index (χ3v) is 6.27. The first-order valence-electron chi connectivity index (χ1n) is 5.76. The number of aliphatic hydroxyl groups excluding tert-OH is 1. The largest absolute Gasteiger partial charge is 0.392 e. The fraction of sp³-hybridized carbons (Fsp3) is 0.500. The molecule has 0 atom stereocenters. The molecule has 4 nitrogen and oxygen atoms in total. The van der Waals surface area contributed by atoms with Gasteiger partial charge in [-0.05, 0) is 37.8 Å². The molecule has 8 heteroatoms. The van der Waals surface area contributed by atoms with Gasteiger partial charge in [0.1, 0.15) is 4.90 Å². The summed E-state index contributed by atoms with van der Waals surface area (Å²) in [6.45, 7) is 3.78. The second-order valence-corrected chi connectivity index (χ2v) is 8.88. The number of halogens is 2. The Morgan fingerprint density at radius 2 is 1.90 bits per heavy atom. The second kappa shape index (κ2) is 6.85. The van der Waals surface area contributed by atoms with Gasteiger partial charge in [0.05, 0.1) is 11.6 Å². The van der Waals surface area contributed by atoms with Crippen molar-refractivity contribution in [3.8, 4) is 0 Å². The first kappa shape index (κ1) is 18.1. The Hall–Kier alpha value is 0.0200. The molecule has 0 spiro atoms. The molecule has 0 aliphatic heterocycles. The third-order valence-electron chi connectivity index (χ3n) is 2.80. The van der Waals surface area contributed by atoms with E-state index in [-0.39, 0.29) is 32.8 Å². The number of rotatable bonds is 6. The smallest absolute Gasteiger partial charge is 0.242 e. The van der Waals surface area contributed by atoms with Gasteiger partial charge < -0.3 is 5.11 Å². The minimum absolute atomic E-state index is 0.0293. The van der Waals surface area contributed by atoms with E-state index in [1.54, 1.807) is 11.8 Å². The van der Waals surface area contributed by atoms with Crippen molar-refractivity contribution < 1.29 is 13.5 Å². The summed E-state index contributed by atoms with van der Waals surface area (Å²) >= 11 is 13.4. The molecule has 0 saturated heterocycles. The first-order chi connectivity index (χ1) is 9.13. The van der Waals surface area contributed by atoms with Gasteiger partial charge in [-0.1, -0.05) is 23.2 Å². The zero-order valence-corrected chi connectivity index (χ0v) is 14.5. The van der Waals surface area contributed by atoms with Crippen molar-refractivity contribution >= 4 is 45.0 Å². The number of nitrogens with one attached hydrogen (secondary N) is 1. The van der Waals surface area contributed by atoms with Gasteiger partial charge in [0, 0.05) is 16.3 Å². The van der Waals surface area contributed by atoms with E-state index in [0.717, 1.165) is 0 Å². The topological polar surface area (TPSA) is 66.4 Å². The van der Waals surface area contributed by atoms with E-state index in [9.17, 15) is 8.42 Å². The number of sulfonamides is 1. The van der Waals surface area contributed by atoms with E-state index < -0.39 is 10.0 Å². The molecule has 0 amide bonds. The van der Waals surface area contributed by atoms with Crippen LogP contribution in [0, 0.1) is 0 Å². The van der Waals surface area contributed by atoms with E-state index in [2.05, 4.69) is 4.72 Å². The van der Waals surface area contributed by atoms with E-state index in [0.29, 0.717) is 5.56 Å². The first-order valence-corrected chi connectivity index (χ1v) is 9.23. The third kappa shape index (κ3) is 4.51. The van der Waals surface area contributed by atoms with Crippen molar-refractivity contribution in [1.82, 2.24) is 4.72 Å². The van der Waals surface area contributed by atoms with Gasteiger partial charge in [-0.3, -0.25) is 0 Å². The van der Waals surface area contributed by atoms with Crippen LogP contribution in [0.5, 0.6) is 0 Å². The lowest BCUT2D eigenvalue weighted by Gasteiger charge is -2.22. The Morgan fingerprint density at radius 3 is 2.40 bits per heavy atom. The van der Waals surface area contributed by atoms with Crippen LogP contribution in [-0.4, -0.2) is 31.1 Å². The normalized spacial score (nSPS) is 12.7. The average Bonchev–Trinajstić information content (AvgIpc) is 2.36. The fourth-order valence-electron chi connectivity index (χ4n) is 1.32. The molecule has 20 heavy (non-hydrogen) atoms. The Kier molecular flexibility index (Phi) is 6.19. The molecule has 0 aliphatic rings. The maximum Gasteiger partial charge on any atom is 0.242 e. The summed E-state index contributed by atoms with van der Waals surface area (Å²) in [4.78, 5) is -0.0791. The van der Waals surface area contributed by atoms with Crippen molar-refractivity contribution in [1.29, 1.82) is 0 Å². The van der Waals surface area contributed by atoms with Crippen LogP contribution in [0.15, 0.2) is 17.0 Å². The molecule has 0 unspecified atom stereocenters. The summed E-state index contributed by atoms with van der Waals surface area (Å²) in [5.74, 6) is 0. The molecule has 114 valence electrons. The number of hydrogen-bond acceptors (Lipinski definition) is 4. The summed E-state index contributed by atoms with van der Waals surface area (Å²) in [6, 6.07) is 2.61. The van der Waals surface area contributed by atoms with Crippen molar-refractivity contribution in [2.45, 2.75) is 30.1 Å². The summed E-state index contributed by atoms with van der Waals surface area (Å²) in [6.07, 6.45) is 1.91. The van der Waals surface area contributed by atoms with E-state index in [1.807, 2.05) is 20.1 Å². The van der Waals surface area contributed by atoms with Crippen LogP contribution in [-0.2, 0) is 16.6 Å². The minimum Gasteiger partial charge on any atom is -0.392 e. The molecule has 2 N–H and O–H groups in total. The van der Waals surface area contributed by atoms with E-state index in [1.165, 1.54) is 12.1 Å². The summed E-state index contributed by atoms with van der Waals surface area (Å²) in [7, 11) is -3.75. The molecule has 0 bridgehead atoms. The fourth-order valence-corrected chi connectivity index (χ4v) is 3.69. The molecule has 0 fully saturated rings. The quantitative estimate of drug-likeness (QED) is 0.821. The van der Waals surface area contributed by atoms with Gasteiger partial charge in [-0.25, -0.2) is 13.1 Å². The van der Waals surface area contributed by atoms with Gasteiger partial charge >= 0.3 is 0 Å². The molecule has 1 aromatic carbocycles. The van der Waals surface area contributed by atoms with Crippen LogP contribution < -0.4 is 4.72 Å². The summed E-state index contributed by atoms with van der Waals surface area (Å²) in [5.41, 5.74) is 0.320. The van der Waals surface area contributed by atoms with Gasteiger partial charge in [-0.15, -0.1) is 0 Å². The Morgan fingerprint density at radius 1 is 1.30 bits per heavy atom. The number of thioether (sulfide) groups is 1. The highest BCUT2D eigenvalue weighted by molar-refractivity contribution is 8.00. The van der Waals surface area contributed by atoms with Crippen molar-refractivity contribution in [2.24, 2.45) is 0 Å². The number of hydrogen-bond donors (Lipinski definition) is 2. The lowest BCUT2D eigenvalue weighted by atomic mass is 10.2. The van der Waals surface area contributed by atoms with Crippen LogP contribution in [0.4, 0.5) is 0 Å².